The summed E-state index contributed by atoms with van der Waals surface area (Å²) in [7, 11) is 3.04. The van der Waals surface area contributed by atoms with Crippen LogP contribution in [-0.4, -0.2) is 75.2 Å². The van der Waals surface area contributed by atoms with Gasteiger partial charge in [-0.05, 0) is 20.8 Å². The lowest BCUT2D eigenvalue weighted by Crippen LogP contribution is -2.43. The number of halogens is 3. The molecule has 3 N–H and O–H groups in total. The Morgan fingerprint density at radius 2 is 1.66 bits per heavy atom. The standard InChI is InChI=1S/C14H24N2O4S2.C2HF3O2/c1-14(2,3)16-9-10(8-11(16)17)13(20)15-5-7-22-21-6-4-12(18)19;3-2(4,5)1(6)7/h10H,4-9H2,1-3H3,(H,15,20)(H,18,19);(H,6,7). The second kappa shape index (κ2) is 12.2. The van der Waals surface area contributed by atoms with E-state index in [0.717, 1.165) is 5.75 Å². The molecule has 1 heterocycles. The van der Waals surface area contributed by atoms with E-state index in [0.29, 0.717) is 18.8 Å². The van der Waals surface area contributed by atoms with E-state index in [9.17, 15) is 27.6 Å². The molecule has 168 valence electrons. The molecule has 0 bridgehead atoms. The molecule has 0 spiro atoms. The molecule has 1 atom stereocenters. The number of aliphatic carboxylic acids is 2. The van der Waals surface area contributed by atoms with Gasteiger partial charge in [-0.25, -0.2) is 4.79 Å². The molecule has 1 aliphatic heterocycles. The van der Waals surface area contributed by atoms with Crippen LogP contribution < -0.4 is 5.32 Å². The number of carbonyl (C=O) groups is 4. The molecule has 2 amide bonds. The third-order valence-corrected chi connectivity index (χ3v) is 5.92. The summed E-state index contributed by atoms with van der Waals surface area (Å²) >= 11 is 0. The van der Waals surface area contributed by atoms with E-state index < -0.39 is 18.1 Å². The Morgan fingerprint density at radius 1 is 1.14 bits per heavy atom. The molecule has 1 aliphatic rings. The van der Waals surface area contributed by atoms with E-state index in [1.165, 1.54) is 10.8 Å². The van der Waals surface area contributed by atoms with Crippen LogP contribution in [0, 0.1) is 5.92 Å². The van der Waals surface area contributed by atoms with Crippen LogP contribution in [0.2, 0.25) is 0 Å². The smallest absolute Gasteiger partial charge is 0.481 e. The van der Waals surface area contributed by atoms with Crippen LogP contribution in [0.4, 0.5) is 13.2 Å². The molecule has 1 saturated heterocycles. The van der Waals surface area contributed by atoms with E-state index in [4.69, 9.17) is 15.0 Å². The molecule has 1 unspecified atom stereocenters. The van der Waals surface area contributed by atoms with Gasteiger partial charge in [-0.3, -0.25) is 14.4 Å². The lowest BCUT2D eigenvalue weighted by atomic mass is 10.1. The van der Waals surface area contributed by atoms with E-state index in [1.54, 1.807) is 15.7 Å². The summed E-state index contributed by atoms with van der Waals surface area (Å²) < 4.78 is 31.7. The first kappa shape index (κ1) is 27.4. The maximum absolute atomic E-state index is 12.1. The van der Waals surface area contributed by atoms with Gasteiger partial charge in [0.25, 0.3) is 0 Å². The summed E-state index contributed by atoms with van der Waals surface area (Å²) in [5.74, 6) is -2.58. The number of carbonyl (C=O) groups excluding carboxylic acids is 2. The second-order valence-corrected chi connectivity index (χ2v) is 9.66. The normalized spacial score (nSPS) is 16.8. The van der Waals surface area contributed by atoms with Gasteiger partial charge in [0.05, 0.1) is 12.3 Å². The largest absolute Gasteiger partial charge is 0.490 e. The fraction of sp³-hybridized carbons (Fsp3) is 0.750. The van der Waals surface area contributed by atoms with Gasteiger partial charge in [-0.15, -0.1) is 0 Å². The van der Waals surface area contributed by atoms with Crippen molar-refractivity contribution >= 4 is 45.3 Å². The zero-order chi connectivity index (χ0) is 22.8. The molecule has 0 aromatic heterocycles. The van der Waals surface area contributed by atoms with Gasteiger partial charge in [0.15, 0.2) is 0 Å². The molecule has 29 heavy (non-hydrogen) atoms. The average molecular weight is 463 g/mol. The summed E-state index contributed by atoms with van der Waals surface area (Å²) in [6.45, 7) is 6.92. The number of nitrogens with zero attached hydrogens (tertiary/aromatic N) is 1. The number of rotatable bonds is 8. The number of carboxylic acid groups (broad SMARTS) is 2. The molecule has 8 nitrogen and oxygen atoms in total. The lowest BCUT2D eigenvalue weighted by molar-refractivity contribution is -0.192. The number of hydrogen-bond acceptors (Lipinski definition) is 6. The fourth-order valence-electron chi connectivity index (χ4n) is 2.14. The minimum Gasteiger partial charge on any atom is -0.481 e. The first-order valence-electron chi connectivity index (χ1n) is 8.50. The zero-order valence-electron chi connectivity index (χ0n) is 16.2. The molecule has 1 fully saturated rings. The van der Waals surface area contributed by atoms with Crippen molar-refractivity contribution < 1.29 is 42.6 Å². The van der Waals surface area contributed by atoms with E-state index in [-0.39, 0.29) is 36.1 Å². The molecular formula is C16H25F3N2O6S2. The first-order valence-corrected chi connectivity index (χ1v) is 11.0. The van der Waals surface area contributed by atoms with Gasteiger partial charge in [-0.2, -0.15) is 13.2 Å². The van der Waals surface area contributed by atoms with Crippen molar-refractivity contribution in [3.05, 3.63) is 0 Å². The summed E-state index contributed by atoms with van der Waals surface area (Å²) in [4.78, 5) is 45.0. The molecule has 0 aromatic rings. The molecule has 0 radical (unpaired) electrons. The number of nitrogens with one attached hydrogen (secondary N) is 1. The Labute approximate surface area is 174 Å². The third-order valence-electron chi connectivity index (χ3n) is 3.52. The highest BCUT2D eigenvalue weighted by molar-refractivity contribution is 8.76. The van der Waals surface area contributed by atoms with Crippen LogP contribution in [0.15, 0.2) is 0 Å². The van der Waals surface area contributed by atoms with Gasteiger partial charge < -0.3 is 20.4 Å². The van der Waals surface area contributed by atoms with E-state index in [1.807, 2.05) is 20.8 Å². The molecule has 0 aliphatic carbocycles. The highest BCUT2D eigenvalue weighted by Crippen LogP contribution is 2.26. The summed E-state index contributed by atoms with van der Waals surface area (Å²) in [5.41, 5.74) is -0.247. The Morgan fingerprint density at radius 3 is 2.07 bits per heavy atom. The van der Waals surface area contributed by atoms with E-state index >= 15 is 0 Å². The van der Waals surface area contributed by atoms with Crippen LogP contribution in [0.1, 0.15) is 33.6 Å². The van der Waals surface area contributed by atoms with Crippen molar-refractivity contribution in [1.82, 2.24) is 10.2 Å². The minimum absolute atomic E-state index is 0.0336. The summed E-state index contributed by atoms with van der Waals surface area (Å²) in [6, 6.07) is 0. The predicted octanol–water partition coefficient (Wildman–Crippen LogP) is 2.24. The van der Waals surface area contributed by atoms with Crippen LogP contribution in [0.3, 0.4) is 0 Å². The Balaban J connectivity index is 0.000000956. The third kappa shape index (κ3) is 11.8. The Bertz CT molecular complexity index is 596. The number of likely N-dealkylation sites (tertiary alicyclic amines) is 1. The monoisotopic (exact) mass is 462 g/mol. The van der Waals surface area contributed by atoms with Crippen molar-refractivity contribution in [2.75, 3.05) is 24.6 Å². The molecule has 13 heteroatoms. The van der Waals surface area contributed by atoms with Crippen LogP contribution in [0.25, 0.3) is 0 Å². The predicted molar refractivity (Wildman–Crippen MR) is 103 cm³/mol. The molecule has 0 aromatic carbocycles. The van der Waals surface area contributed by atoms with Crippen molar-refractivity contribution in [3.8, 4) is 0 Å². The number of alkyl halides is 3. The summed E-state index contributed by atoms with van der Waals surface area (Å²) in [5, 5.41) is 18.5. The van der Waals surface area contributed by atoms with Crippen molar-refractivity contribution in [1.29, 1.82) is 0 Å². The van der Waals surface area contributed by atoms with Crippen LogP contribution in [0.5, 0.6) is 0 Å². The topological polar surface area (TPSA) is 124 Å². The number of amides is 2. The number of hydrogen-bond donors (Lipinski definition) is 3. The van der Waals surface area contributed by atoms with Gasteiger partial charge >= 0.3 is 18.1 Å². The van der Waals surface area contributed by atoms with Crippen molar-refractivity contribution in [3.63, 3.8) is 0 Å². The van der Waals surface area contributed by atoms with Gasteiger partial charge in [-0.1, -0.05) is 21.6 Å². The average Bonchev–Trinajstić information content (AvgIpc) is 2.95. The lowest BCUT2D eigenvalue weighted by Gasteiger charge is -2.31. The Hall–Kier alpha value is -1.63. The highest BCUT2D eigenvalue weighted by Gasteiger charge is 2.39. The summed E-state index contributed by atoms with van der Waals surface area (Å²) in [6.07, 6.45) is -4.65. The number of carboxylic acids is 2. The quantitative estimate of drug-likeness (QED) is 0.371. The van der Waals surface area contributed by atoms with Crippen molar-refractivity contribution in [2.24, 2.45) is 5.92 Å². The maximum Gasteiger partial charge on any atom is 0.490 e. The van der Waals surface area contributed by atoms with E-state index in [2.05, 4.69) is 5.32 Å². The van der Waals surface area contributed by atoms with Crippen molar-refractivity contribution in [2.45, 2.75) is 45.3 Å². The molecule has 0 saturated carbocycles. The van der Waals surface area contributed by atoms with Gasteiger partial charge in [0, 0.05) is 36.6 Å². The zero-order valence-corrected chi connectivity index (χ0v) is 17.9. The molecular weight excluding hydrogens is 437 g/mol. The highest BCUT2D eigenvalue weighted by atomic mass is 33.1. The second-order valence-electron chi connectivity index (χ2n) is 6.96. The SMILES string of the molecule is CC(C)(C)N1CC(C(=O)NCCSSCCC(=O)O)CC1=O.O=C(O)C(F)(F)F. The molecule has 1 rings (SSSR count). The van der Waals surface area contributed by atoms with Gasteiger partial charge in [0.1, 0.15) is 0 Å². The fourth-order valence-corrected chi connectivity index (χ4v) is 4.02. The minimum atomic E-state index is -5.08. The van der Waals surface area contributed by atoms with Crippen LogP contribution >= 0.6 is 21.6 Å². The first-order chi connectivity index (χ1) is 13.2. The van der Waals surface area contributed by atoms with Crippen LogP contribution in [-0.2, 0) is 19.2 Å². The maximum atomic E-state index is 12.1. The van der Waals surface area contributed by atoms with Gasteiger partial charge in [0.2, 0.25) is 11.8 Å². The Kier molecular flexibility index (Phi) is 11.5.